The molecule has 1 saturated carbocycles. The van der Waals surface area contributed by atoms with Gasteiger partial charge in [-0.15, -0.1) is 0 Å². The Kier molecular flexibility index (Phi) is 8.84. The Morgan fingerprint density at radius 3 is 2.15 bits per heavy atom. The van der Waals surface area contributed by atoms with Crippen molar-refractivity contribution < 1.29 is 0 Å². The molecule has 0 aromatic carbocycles. The van der Waals surface area contributed by atoms with E-state index in [1.54, 1.807) is 0 Å². The molecule has 0 radical (unpaired) electrons. The summed E-state index contributed by atoms with van der Waals surface area (Å²) in [6.45, 7) is 10.4. The fraction of sp³-hybridized carbons (Fsp3) is 1.00. The van der Waals surface area contributed by atoms with Crippen molar-refractivity contribution in [2.75, 3.05) is 6.54 Å². The number of rotatable bonds is 10. The Balaban J connectivity index is 2.23. The van der Waals surface area contributed by atoms with Crippen molar-refractivity contribution in [3.05, 3.63) is 0 Å². The van der Waals surface area contributed by atoms with Crippen LogP contribution in [0.1, 0.15) is 98.3 Å². The van der Waals surface area contributed by atoms with Crippen LogP contribution in [0.3, 0.4) is 0 Å². The topological polar surface area (TPSA) is 12.0 Å². The Labute approximate surface area is 128 Å². The third kappa shape index (κ3) is 8.29. The molecule has 1 nitrogen and oxygen atoms in total. The molecule has 0 aromatic rings. The van der Waals surface area contributed by atoms with Gasteiger partial charge < -0.3 is 5.32 Å². The molecule has 1 heteroatoms. The molecule has 0 heterocycles. The van der Waals surface area contributed by atoms with Crippen molar-refractivity contribution in [3.8, 4) is 0 Å². The van der Waals surface area contributed by atoms with E-state index < -0.39 is 0 Å². The average molecular weight is 282 g/mol. The monoisotopic (exact) mass is 281 g/mol. The molecule has 1 unspecified atom stereocenters. The fourth-order valence-electron chi connectivity index (χ4n) is 3.56. The first-order valence-corrected chi connectivity index (χ1v) is 9.28. The van der Waals surface area contributed by atoms with E-state index in [0.717, 1.165) is 11.8 Å². The molecule has 120 valence electrons. The highest BCUT2D eigenvalue weighted by molar-refractivity contribution is 4.80. The van der Waals surface area contributed by atoms with E-state index in [-0.39, 0.29) is 5.54 Å². The predicted molar refractivity (Wildman–Crippen MR) is 91.2 cm³/mol. The highest BCUT2D eigenvalue weighted by atomic mass is 14.9. The van der Waals surface area contributed by atoms with E-state index in [1.807, 2.05) is 0 Å². The Morgan fingerprint density at radius 1 is 0.950 bits per heavy atom. The first kappa shape index (κ1) is 18.0. The van der Waals surface area contributed by atoms with E-state index in [9.17, 15) is 0 Å². The van der Waals surface area contributed by atoms with Gasteiger partial charge in [0.1, 0.15) is 0 Å². The lowest BCUT2D eigenvalue weighted by molar-refractivity contribution is 0.267. The maximum atomic E-state index is 3.76. The number of hydrogen-bond acceptors (Lipinski definition) is 1. The van der Waals surface area contributed by atoms with Crippen molar-refractivity contribution in [2.24, 2.45) is 11.8 Å². The van der Waals surface area contributed by atoms with Crippen LogP contribution in [0.5, 0.6) is 0 Å². The smallest absolute Gasteiger partial charge is 0.00966 e. The predicted octanol–water partition coefficient (Wildman–Crippen LogP) is 5.93. The van der Waals surface area contributed by atoms with Gasteiger partial charge in [-0.25, -0.2) is 0 Å². The van der Waals surface area contributed by atoms with E-state index in [4.69, 9.17) is 0 Å². The second kappa shape index (κ2) is 9.82. The lowest BCUT2D eigenvalue weighted by Gasteiger charge is -2.29. The number of nitrogens with one attached hydrogen (secondary N) is 1. The SMILES string of the molecule is CCCCCCCCC(CNC(C)(C)C)C1CCCC1. The summed E-state index contributed by atoms with van der Waals surface area (Å²) >= 11 is 0. The third-order valence-electron chi connectivity index (χ3n) is 4.89. The summed E-state index contributed by atoms with van der Waals surface area (Å²) in [6.07, 6.45) is 16.0. The minimum Gasteiger partial charge on any atom is -0.312 e. The zero-order valence-corrected chi connectivity index (χ0v) is 14.6. The van der Waals surface area contributed by atoms with Gasteiger partial charge in [0.25, 0.3) is 0 Å². The Hall–Kier alpha value is -0.0400. The van der Waals surface area contributed by atoms with Crippen LogP contribution in [0.25, 0.3) is 0 Å². The van der Waals surface area contributed by atoms with Crippen LogP contribution < -0.4 is 5.32 Å². The molecule has 1 aliphatic carbocycles. The van der Waals surface area contributed by atoms with Crippen LogP contribution in [0.2, 0.25) is 0 Å². The van der Waals surface area contributed by atoms with Crippen molar-refractivity contribution in [3.63, 3.8) is 0 Å². The fourth-order valence-corrected chi connectivity index (χ4v) is 3.56. The van der Waals surface area contributed by atoms with Crippen LogP contribution in [-0.4, -0.2) is 12.1 Å². The van der Waals surface area contributed by atoms with Crippen LogP contribution in [-0.2, 0) is 0 Å². The van der Waals surface area contributed by atoms with Gasteiger partial charge in [-0.1, -0.05) is 71.1 Å². The molecular formula is C19H39N. The lowest BCUT2D eigenvalue weighted by atomic mass is 9.85. The van der Waals surface area contributed by atoms with Crippen molar-refractivity contribution in [1.82, 2.24) is 5.32 Å². The molecule has 0 amide bonds. The summed E-state index contributed by atoms with van der Waals surface area (Å²) < 4.78 is 0. The summed E-state index contributed by atoms with van der Waals surface area (Å²) in [4.78, 5) is 0. The second-order valence-electron chi connectivity index (χ2n) is 7.99. The van der Waals surface area contributed by atoms with Gasteiger partial charge in [0.2, 0.25) is 0 Å². The standard InChI is InChI=1S/C19H39N/c1-5-6-7-8-9-10-15-18(16-20-19(2,3)4)17-13-11-12-14-17/h17-18,20H,5-16H2,1-4H3. The zero-order chi connectivity index (χ0) is 14.8. The van der Waals surface area contributed by atoms with Crippen molar-refractivity contribution >= 4 is 0 Å². The number of hydrogen-bond donors (Lipinski definition) is 1. The molecule has 1 aliphatic rings. The molecule has 1 atom stereocenters. The van der Waals surface area contributed by atoms with Gasteiger partial charge in [0, 0.05) is 5.54 Å². The summed E-state index contributed by atoms with van der Waals surface area (Å²) in [6, 6.07) is 0. The largest absolute Gasteiger partial charge is 0.312 e. The Morgan fingerprint density at radius 2 is 1.55 bits per heavy atom. The van der Waals surface area contributed by atoms with Gasteiger partial charge in [0.05, 0.1) is 0 Å². The molecule has 0 bridgehead atoms. The first-order valence-electron chi connectivity index (χ1n) is 9.28. The molecular weight excluding hydrogens is 242 g/mol. The zero-order valence-electron chi connectivity index (χ0n) is 14.6. The van der Waals surface area contributed by atoms with Crippen molar-refractivity contribution in [1.29, 1.82) is 0 Å². The van der Waals surface area contributed by atoms with Gasteiger partial charge in [-0.2, -0.15) is 0 Å². The highest BCUT2D eigenvalue weighted by Crippen LogP contribution is 2.34. The molecule has 20 heavy (non-hydrogen) atoms. The van der Waals surface area contributed by atoms with Gasteiger partial charge in [-0.05, 0) is 45.6 Å². The molecule has 1 fully saturated rings. The van der Waals surface area contributed by atoms with E-state index in [2.05, 4.69) is 33.0 Å². The molecule has 1 N–H and O–H groups in total. The van der Waals surface area contributed by atoms with Crippen molar-refractivity contribution in [2.45, 2.75) is 104 Å². The van der Waals surface area contributed by atoms with Gasteiger partial charge in [-0.3, -0.25) is 0 Å². The Bertz CT molecular complexity index is 222. The molecule has 0 spiro atoms. The van der Waals surface area contributed by atoms with Crippen LogP contribution in [0.4, 0.5) is 0 Å². The summed E-state index contributed by atoms with van der Waals surface area (Å²) in [5.74, 6) is 1.95. The van der Waals surface area contributed by atoms with Crippen LogP contribution >= 0.6 is 0 Å². The van der Waals surface area contributed by atoms with E-state index >= 15 is 0 Å². The average Bonchev–Trinajstić information content (AvgIpc) is 2.89. The normalized spacial score (nSPS) is 18.6. The highest BCUT2D eigenvalue weighted by Gasteiger charge is 2.25. The summed E-state index contributed by atoms with van der Waals surface area (Å²) in [5, 5.41) is 3.76. The minimum absolute atomic E-state index is 0.276. The quantitative estimate of drug-likeness (QED) is 0.489. The summed E-state index contributed by atoms with van der Waals surface area (Å²) in [7, 11) is 0. The molecule has 0 aromatic heterocycles. The molecule has 1 rings (SSSR count). The second-order valence-corrected chi connectivity index (χ2v) is 7.99. The summed E-state index contributed by atoms with van der Waals surface area (Å²) in [5.41, 5.74) is 0.276. The van der Waals surface area contributed by atoms with Crippen LogP contribution in [0, 0.1) is 11.8 Å². The van der Waals surface area contributed by atoms with Gasteiger partial charge >= 0.3 is 0 Å². The number of unbranched alkanes of at least 4 members (excludes halogenated alkanes) is 5. The molecule has 0 saturated heterocycles. The van der Waals surface area contributed by atoms with Crippen LogP contribution in [0.15, 0.2) is 0 Å². The lowest BCUT2D eigenvalue weighted by Crippen LogP contribution is -2.40. The molecule has 0 aliphatic heterocycles. The van der Waals surface area contributed by atoms with E-state index in [0.29, 0.717) is 0 Å². The first-order chi connectivity index (χ1) is 9.53. The minimum atomic E-state index is 0.276. The maximum Gasteiger partial charge on any atom is 0.00966 e. The third-order valence-corrected chi connectivity index (χ3v) is 4.89. The van der Waals surface area contributed by atoms with Gasteiger partial charge in [0.15, 0.2) is 0 Å². The van der Waals surface area contributed by atoms with E-state index in [1.165, 1.54) is 77.2 Å². The maximum absolute atomic E-state index is 3.76.